The van der Waals surface area contributed by atoms with E-state index in [1.807, 2.05) is 6.07 Å². The number of hydrogen-bond acceptors (Lipinski definition) is 3. The second-order valence-corrected chi connectivity index (χ2v) is 4.61. The summed E-state index contributed by atoms with van der Waals surface area (Å²) in [6.07, 6.45) is 6.27. The molecule has 1 aromatic rings. The molecule has 80 valence electrons. The number of pyridine rings is 1. The Labute approximate surface area is 97.0 Å². The van der Waals surface area contributed by atoms with E-state index >= 15 is 0 Å². The first-order chi connectivity index (χ1) is 6.89. The Kier molecular flexibility index (Phi) is 3.77. The summed E-state index contributed by atoms with van der Waals surface area (Å²) in [4.78, 5) is 15.3. The van der Waals surface area contributed by atoms with E-state index in [0.717, 1.165) is 10.0 Å². The standard InChI is InChI=1S/C11H12BrNO2/c1-11(2,15)10(14)4-3-8-5-9(12)7-13-6-8/h3-7,15H,1-2H3/b4-3+. The van der Waals surface area contributed by atoms with Crippen LogP contribution >= 0.6 is 15.9 Å². The van der Waals surface area contributed by atoms with Gasteiger partial charge in [-0.2, -0.15) is 0 Å². The SMILES string of the molecule is CC(C)(O)C(=O)/C=C/c1cncc(Br)c1. The van der Waals surface area contributed by atoms with Crippen molar-refractivity contribution in [2.45, 2.75) is 19.4 Å². The van der Waals surface area contributed by atoms with Crippen molar-refractivity contribution < 1.29 is 9.90 Å². The van der Waals surface area contributed by atoms with Crippen LogP contribution in [0.5, 0.6) is 0 Å². The second kappa shape index (κ2) is 4.68. The van der Waals surface area contributed by atoms with Gasteiger partial charge in [-0.25, -0.2) is 0 Å². The third-order valence-corrected chi connectivity index (χ3v) is 2.19. The Bertz CT molecular complexity index is 394. The topological polar surface area (TPSA) is 50.2 Å². The molecule has 0 atom stereocenters. The summed E-state index contributed by atoms with van der Waals surface area (Å²) in [5.74, 6) is -0.331. The van der Waals surface area contributed by atoms with Gasteiger partial charge < -0.3 is 5.11 Å². The number of aliphatic hydroxyl groups is 1. The van der Waals surface area contributed by atoms with Crippen molar-refractivity contribution in [3.8, 4) is 0 Å². The molecule has 1 rings (SSSR count). The number of carbonyl (C=O) groups is 1. The maximum absolute atomic E-state index is 11.4. The molecule has 1 heterocycles. The van der Waals surface area contributed by atoms with E-state index in [1.54, 1.807) is 18.5 Å². The smallest absolute Gasteiger partial charge is 0.186 e. The number of rotatable bonds is 3. The average Bonchev–Trinajstić information content (AvgIpc) is 2.12. The highest BCUT2D eigenvalue weighted by Crippen LogP contribution is 2.11. The predicted molar refractivity (Wildman–Crippen MR) is 62.3 cm³/mol. The zero-order valence-electron chi connectivity index (χ0n) is 8.57. The van der Waals surface area contributed by atoms with Crippen molar-refractivity contribution in [1.82, 2.24) is 4.98 Å². The number of aromatic nitrogens is 1. The van der Waals surface area contributed by atoms with Crippen LogP contribution in [0.2, 0.25) is 0 Å². The number of ketones is 1. The molecule has 1 N–H and O–H groups in total. The third-order valence-electron chi connectivity index (χ3n) is 1.76. The monoisotopic (exact) mass is 269 g/mol. The minimum absolute atomic E-state index is 0.331. The van der Waals surface area contributed by atoms with Crippen LogP contribution in [0.4, 0.5) is 0 Å². The van der Waals surface area contributed by atoms with E-state index in [1.165, 1.54) is 19.9 Å². The molecular weight excluding hydrogens is 258 g/mol. The molecule has 0 aliphatic rings. The van der Waals surface area contributed by atoms with Crippen LogP contribution < -0.4 is 0 Å². The molecule has 0 unspecified atom stereocenters. The van der Waals surface area contributed by atoms with Crippen LogP contribution in [-0.2, 0) is 4.79 Å². The van der Waals surface area contributed by atoms with Crippen LogP contribution in [0.1, 0.15) is 19.4 Å². The first-order valence-electron chi connectivity index (χ1n) is 4.45. The fourth-order valence-electron chi connectivity index (χ4n) is 0.895. The summed E-state index contributed by atoms with van der Waals surface area (Å²) >= 11 is 3.28. The highest BCUT2D eigenvalue weighted by molar-refractivity contribution is 9.10. The second-order valence-electron chi connectivity index (χ2n) is 3.69. The lowest BCUT2D eigenvalue weighted by Gasteiger charge is -2.11. The Morgan fingerprint density at radius 2 is 2.20 bits per heavy atom. The Hall–Kier alpha value is -1.00. The summed E-state index contributed by atoms with van der Waals surface area (Å²) < 4.78 is 0.848. The number of hydrogen-bond donors (Lipinski definition) is 1. The number of halogens is 1. The molecule has 0 fully saturated rings. The van der Waals surface area contributed by atoms with Crippen LogP contribution in [0.15, 0.2) is 29.0 Å². The maximum Gasteiger partial charge on any atom is 0.186 e. The summed E-state index contributed by atoms with van der Waals surface area (Å²) in [5.41, 5.74) is -0.516. The van der Waals surface area contributed by atoms with Gasteiger partial charge in [0.1, 0.15) is 5.60 Å². The van der Waals surface area contributed by atoms with E-state index in [-0.39, 0.29) is 5.78 Å². The van der Waals surface area contributed by atoms with Crippen molar-refractivity contribution in [2.24, 2.45) is 0 Å². The molecule has 3 nitrogen and oxygen atoms in total. The van der Waals surface area contributed by atoms with Crippen LogP contribution in [-0.4, -0.2) is 21.5 Å². The zero-order valence-corrected chi connectivity index (χ0v) is 10.2. The van der Waals surface area contributed by atoms with E-state index in [4.69, 9.17) is 0 Å². The van der Waals surface area contributed by atoms with Crippen molar-refractivity contribution >= 4 is 27.8 Å². The summed E-state index contributed by atoms with van der Waals surface area (Å²) in [5, 5.41) is 9.39. The first kappa shape index (κ1) is 12.1. The minimum Gasteiger partial charge on any atom is -0.382 e. The number of nitrogens with zero attached hydrogens (tertiary/aromatic N) is 1. The lowest BCUT2D eigenvalue weighted by Crippen LogP contribution is -2.29. The van der Waals surface area contributed by atoms with E-state index in [9.17, 15) is 9.90 Å². The predicted octanol–water partition coefficient (Wildman–Crippen LogP) is 2.20. The average molecular weight is 270 g/mol. The van der Waals surface area contributed by atoms with Crippen molar-refractivity contribution in [1.29, 1.82) is 0 Å². The molecule has 0 radical (unpaired) electrons. The molecule has 0 spiro atoms. The molecular formula is C11H12BrNO2. The third kappa shape index (κ3) is 3.93. The molecule has 15 heavy (non-hydrogen) atoms. The van der Waals surface area contributed by atoms with Gasteiger partial charge in [0.25, 0.3) is 0 Å². The van der Waals surface area contributed by atoms with Gasteiger partial charge in [-0.1, -0.05) is 0 Å². The summed E-state index contributed by atoms with van der Waals surface area (Å²) in [6.45, 7) is 2.91. The largest absolute Gasteiger partial charge is 0.382 e. The molecule has 0 saturated heterocycles. The van der Waals surface area contributed by atoms with E-state index in [2.05, 4.69) is 20.9 Å². The molecule has 0 aliphatic carbocycles. The van der Waals surface area contributed by atoms with Gasteiger partial charge in [0, 0.05) is 16.9 Å². The minimum atomic E-state index is -1.32. The zero-order chi connectivity index (χ0) is 11.5. The van der Waals surface area contributed by atoms with Crippen molar-refractivity contribution in [2.75, 3.05) is 0 Å². The van der Waals surface area contributed by atoms with Gasteiger partial charge in [0.05, 0.1) is 0 Å². The van der Waals surface area contributed by atoms with Crippen molar-refractivity contribution in [3.05, 3.63) is 34.6 Å². The molecule has 4 heteroatoms. The fourth-order valence-corrected chi connectivity index (χ4v) is 1.28. The maximum atomic E-state index is 11.4. The Morgan fingerprint density at radius 3 is 2.73 bits per heavy atom. The number of carbonyl (C=O) groups excluding carboxylic acids is 1. The highest BCUT2D eigenvalue weighted by atomic mass is 79.9. The van der Waals surface area contributed by atoms with Gasteiger partial charge in [-0.3, -0.25) is 9.78 Å². The molecule has 1 aromatic heterocycles. The molecule has 0 aliphatic heterocycles. The summed E-state index contributed by atoms with van der Waals surface area (Å²) in [6, 6.07) is 1.83. The van der Waals surface area contributed by atoms with E-state index in [0.29, 0.717) is 0 Å². The lowest BCUT2D eigenvalue weighted by atomic mass is 10.0. The van der Waals surface area contributed by atoms with Gasteiger partial charge in [-0.15, -0.1) is 0 Å². The molecule has 0 amide bonds. The lowest BCUT2D eigenvalue weighted by molar-refractivity contribution is -0.128. The Balaban J connectivity index is 2.79. The van der Waals surface area contributed by atoms with Crippen LogP contribution in [0.25, 0.3) is 6.08 Å². The van der Waals surface area contributed by atoms with Crippen molar-refractivity contribution in [3.63, 3.8) is 0 Å². The molecule has 0 aromatic carbocycles. The van der Waals surface area contributed by atoms with Gasteiger partial charge >= 0.3 is 0 Å². The van der Waals surface area contributed by atoms with E-state index < -0.39 is 5.60 Å². The van der Waals surface area contributed by atoms with Crippen LogP contribution in [0.3, 0.4) is 0 Å². The Morgan fingerprint density at radius 1 is 1.53 bits per heavy atom. The first-order valence-corrected chi connectivity index (χ1v) is 5.24. The summed E-state index contributed by atoms with van der Waals surface area (Å²) in [7, 11) is 0. The molecule has 0 bridgehead atoms. The normalized spacial score (nSPS) is 12.0. The van der Waals surface area contributed by atoms with Gasteiger partial charge in [-0.05, 0) is 53.6 Å². The quantitative estimate of drug-likeness (QED) is 0.856. The van der Waals surface area contributed by atoms with Crippen LogP contribution in [0, 0.1) is 0 Å². The van der Waals surface area contributed by atoms with Gasteiger partial charge in [0.2, 0.25) is 0 Å². The molecule has 0 saturated carbocycles. The fraction of sp³-hybridized carbons (Fsp3) is 0.273. The van der Waals surface area contributed by atoms with Gasteiger partial charge in [0.15, 0.2) is 5.78 Å². The highest BCUT2D eigenvalue weighted by Gasteiger charge is 2.20.